The molecule has 0 atom stereocenters. The van der Waals surface area contributed by atoms with Crippen LogP contribution in [0, 0.1) is 11.3 Å². The van der Waals surface area contributed by atoms with Crippen molar-refractivity contribution < 1.29 is 32.2 Å². The van der Waals surface area contributed by atoms with E-state index >= 15 is 0 Å². The molecule has 1 aliphatic carbocycles. The number of rotatable bonds is 5. The van der Waals surface area contributed by atoms with Gasteiger partial charge in [0.1, 0.15) is 11.6 Å². The minimum absolute atomic E-state index is 0. The van der Waals surface area contributed by atoms with E-state index in [1.54, 1.807) is 11.0 Å². The number of hydrogen-bond acceptors (Lipinski definition) is 8. The van der Waals surface area contributed by atoms with Gasteiger partial charge < -0.3 is 17.5 Å². The Balaban J connectivity index is 0.00000256. The SMILES string of the molecule is N#Cc1c2c(c(SC/C([O-])=N\c3c[n+](N4CCCCC4)no3)sc1=[NH2+])CCCC2.[Cl-]. The van der Waals surface area contributed by atoms with E-state index in [9.17, 15) is 10.4 Å². The Morgan fingerprint density at radius 3 is 2.77 bits per heavy atom. The Kier molecular flexibility index (Phi) is 7.75. The van der Waals surface area contributed by atoms with Gasteiger partial charge in [-0.1, -0.05) is 11.3 Å². The van der Waals surface area contributed by atoms with Gasteiger partial charge in [0.15, 0.2) is 0 Å². The summed E-state index contributed by atoms with van der Waals surface area (Å²) in [6, 6.07) is 2.24. The molecule has 2 N–H and O–H groups in total. The number of nitrogens with zero attached hydrogens (tertiary/aromatic N) is 5. The number of nitrogens with two attached hydrogens (primary N) is 1. The Bertz CT molecular complexity index is 1020. The summed E-state index contributed by atoms with van der Waals surface area (Å²) in [6.45, 7) is 1.85. The van der Waals surface area contributed by atoms with Gasteiger partial charge in [-0.15, -0.1) is 11.8 Å². The minimum atomic E-state index is -0.281. The van der Waals surface area contributed by atoms with E-state index in [-0.39, 0.29) is 29.9 Å². The van der Waals surface area contributed by atoms with Crippen LogP contribution in [0.4, 0.5) is 5.88 Å². The highest BCUT2D eigenvalue weighted by atomic mass is 35.5. The summed E-state index contributed by atoms with van der Waals surface area (Å²) in [4.78, 5) is 5.68. The lowest BCUT2D eigenvalue weighted by Crippen LogP contribution is -3.00. The van der Waals surface area contributed by atoms with E-state index in [1.165, 1.54) is 35.1 Å². The van der Waals surface area contributed by atoms with Crippen LogP contribution < -0.4 is 37.4 Å². The zero-order valence-electron chi connectivity index (χ0n) is 16.5. The van der Waals surface area contributed by atoms with Crippen molar-refractivity contribution in [3.05, 3.63) is 27.6 Å². The largest absolute Gasteiger partial charge is 1.00 e. The monoisotopic (exact) mass is 466 g/mol. The van der Waals surface area contributed by atoms with E-state index < -0.39 is 0 Å². The van der Waals surface area contributed by atoms with E-state index in [2.05, 4.69) is 21.3 Å². The fraction of sp³-hybridized carbons (Fsp3) is 0.526. The standard InChI is InChI=1S/C19H22N6O2S2.ClH/c20-10-15-13-6-2-3-7-14(13)19(29-18(15)21)28-12-16(26)22-17-11-25(23-27-17)24-8-4-1-5-9-24;/h11,21H,1-9,12H2;1H. The fourth-order valence-corrected chi connectivity index (χ4v) is 6.00. The van der Waals surface area contributed by atoms with Gasteiger partial charge in [0.25, 0.3) is 10.9 Å². The Morgan fingerprint density at radius 2 is 2.03 bits per heavy atom. The van der Waals surface area contributed by atoms with Crippen molar-refractivity contribution >= 4 is 34.9 Å². The highest BCUT2D eigenvalue weighted by molar-refractivity contribution is 8.01. The first-order valence-corrected chi connectivity index (χ1v) is 11.6. The molecule has 0 bridgehead atoms. The van der Waals surface area contributed by atoms with Crippen molar-refractivity contribution in [1.29, 1.82) is 5.26 Å². The van der Waals surface area contributed by atoms with Crippen molar-refractivity contribution in [3.63, 3.8) is 0 Å². The van der Waals surface area contributed by atoms with Crippen LogP contribution in [0.15, 0.2) is 19.9 Å². The third-order valence-electron chi connectivity index (χ3n) is 5.20. The molecule has 0 unspecified atom stereocenters. The lowest BCUT2D eigenvalue weighted by Gasteiger charge is -2.19. The number of aromatic nitrogens is 2. The topological polar surface area (TPSA) is 118 Å². The molecular weight excluding hydrogens is 444 g/mol. The molecule has 30 heavy (non-hydrogen) atoms. The van der Waals surface area contributed by atoms with Crippen molar-refractivity contribution in [2.45, 2.75) is 49.2 Å². The van der Waals surface area contributed by atoms with E-state index in [1.807, 2.05) is 0 Å². The Labute approximate surface area is 189 Å². The maximum atomic E-state index is 12.4. The first-order chi connectivity index (χ1) is 14.2. The molecule has 2 aromatic heterocycles. The zero-order valence-corrected chi connectivity index (χ0v) is 18.9. The first-order valence-electron chi connectivity index (χ1n) is 9.84. The molecule has 11 heteroatoms. The normalized spacial score (nSPS) is 16.5. The van der Waals surface area contributed by atoms with Crippen LogP contribution in [0.3, 0.4) is 0 Å². The molecule has 2 aliphatic rings. The number of aliphatic imine (C=N–C) groups is 1. The third-order valence-corrected chi connectivity index (χ3v) is 7.56. The van der Waals surface area contributed by atoms with Crippen LogP contribution in [0.25, 0.3) is 0 Å². The molecule has 1 saturated heterocycles. The molecule has 3 heterocycles. The van der Waals surface area contributed by atoms with Crippen LogP contribution >= 0.6 is 23.1 Å². The van der Waals surface area contributed by atoms with Crippen LogP contribution in [0.1, 0.15) is 48.8 Å². The second kappa shape index (κ2) is 10.3. The molecule has 2 aromatic rings. The molecular formula is C19H23ClN6O2S2. The van der Waals surface area contributed by atoms with Crippen LogP contribution in [-0.4, -0.2) is 30.0 Å². The number of halogens is 1. The van der Waals surface area contributed by atoms with Gasteiger partial charge in [-0.05, 0) is 62.0 Å². The summed E-state index contributed by atoms with van der Waals surface area (Å²) in [5, 5.41) is 33.9. The van der Waals surface area contributed by atoms with Crippen LogP contribution in [0.2, 0.25) is 0 Å². The second-order valence-corrected chi connectivity index (χ2v) is 9.47. The second-order valence-electron chi connectivity index (χ2n) is 7.17. The van der Waals surface area contributed by atoms with Gasteiger partial charge in [0.2, 0.25) is 5.27 Å². The van der Waals surface area contributed by atoms with E-state index in [0.717, 1.165) is 61.4 Å². The lowest BCUT2D eigenvalue weighted by atomic mass is 9.91. The summed E-state index contributed by atoms with van der Waals surface area (Å²) < 4.78 is 6.74. The predicted molar refractivity (Wildman–Crippen MR) is 107 cm³/mol. The molecule has 0 aromatic carbocycles. The molecule has 0 saturated carbocycles. The lowest BCUT2D eigenvalue weighted by molar-refractivity contribution is -0.759. The van der Waals surface area contributed by atoms with Gasteiger partial charge >= 0.3 is 5.88 Å². The Morgan fingerprint density at radius 1 is 1.30 bits per heavy atom. The van der Waals surface area contributed by atoms with Crippen molar-refractivity contribution in [3.8, 4) is 6.07 Å². The summed E-state index contributed by atoms with van der Waals surface area (Å²) in [7, 11) is 0. The average Bonchev–Trinajstić information content (AvgIpc) is 3.21. The summed E-state index contributed by atoms with van der Waals surface area (Å²) in [5.74, 6) is 0.126. The number of piperidine rings is 1. The van der Waals surface area contributed by atoms with Crippen molar-refractivity contribution in [2.75, 3.05) is 23.9 Å². The van der Waals surface area contributed by atoms with Crippen LogP contribution in [-0.2, 0) is 12.8 Å². The fourth-order valence-electron chi connectivity index (χ4n) is 3.78. The van der Waals surface area contributed by atoms with Gasteiger partial charge in [-0.2, -0.15) is 10.3 Å². The van der Waals surface area contributed by atoms with Gasteiger partial charge in [0, 0.05) is 5.75 Å². The number of hydrogen-bond donors (Lipinski definition) is 1. The zero-order chi connectivity index (χ0) is 20.2. The summed E-state index contributed by atoms with van der Waals surface area (Å²) >= 11 is 2.83. The number of nitriles is 1. The van der Waals surface area contributed by atoms with Crippen LogP contribution in [0.5, 0.6) is 0 Å². The quantitative estimate of drug-likeness (QED) is 0.214. The average molecular weight is 467 g/mol. The van der Waals surface area contributed by atoms with Gasteiger partial charge in [-0.25, -0.2) is 10.4 Å². The molecule has 1 aliphatic heterocycles. The third kappa shape index (κ3) is 4.96. The first kappa shape index (κ1) is 22.6. The molecule has 0 radical (unpaired) electrons. The molecule has 8 nitrogen and oxygen atoms in total. The van der Waals surface area contributed by atoms with Gasteiger partial charge in [-0.3, -0.25) is 4.52 Å². The summed E-state index contributed by atoms with van der Waals surface area (Å²) in [6.07, 6.45) is 9.08. The number of thioether (sulfide) groups is 1. The van der Waals surface area contributed by atoms with Crippen molar-refractivity contribution in [1.82, 2.24) is 5.27 Å². The molecule has 0 amide bonds. The molecule has 160 valence electrons. The summed E-state index contributed by atoms with van der Waals surface area (Å²) in [5.41, 5.74) is 2.83. The highest BCUT2D eigenvalue weighted by Crippen LogP contribution is 2.33. The highest BCUT2D eigenvalue weighted by Gasteiger charge is 2.23. The van der Waals surface area contributed by atoms with Crippen molar-refractivity contribution in [2.24, 2.45) is 4.99 Å². The van der Waals surface area contributed by atoms with E-state index in [4.69, 9.17) is 9.93 Å². The molecule has 4 rings (SSSR count). The molecule has 1 fully saturated rings. The van der Waals surface area contributed by atoms with E-state index in [0.29, 0.717) is 10.2 Å². The minimum Gasteiger partial charge on any atom is -1.00 e. The Hall–Kier alpha value is -2.09. The number of fused-ring (bicyclic) bond motifs is 1. The smallest absolute Gasteiger partial charge is 0.324 e. The maximum absolute atomic E-state index is 12.4. The predicted octanol–water partition coefficient (Wildman–Crippen LogP) is -3.26. The maximum Gasteiger partial charge on any atom is 0.324 e. The molecule has 0 spiro atoms. The van der Waals surface area contributed by atoms with Gasteiger partial charge in [0.05, 0.1) is 22.1 Å².